The lowest BCUT2D eigenvalue weighted by molar-refractivity contribution is 0.386. The van der Waals surface area contributed by atoms with Crippen molar-refractivity contribution < 1.29 is 8.42 Å². The highest BCUT2D eigenvalue weighted by Gasteiger charge is 2.31. The average molecular weight is 369 g/mol. The van der Waals surface area contributed by atoms with Gasteiger partial charge in [-0.3, -0.25) is 9.89 Å². The first kappa shape index (κ1) is 16.8. The standard InChI is InChI=1S/C19H19N3O3S/c23-19-17-11-12-21(26(24,25)16-9-5-2-6-10-16)14-18(17)20-22(19)13-15-7-3-1-4-8-15/h1-10,20H,11-14H2. The second-order valence-corrected chi connectivity index (χ2v) is 8.29. The summed E-state index contributed by atoms with van der Waals surface area (Å²) >= 11 is 0. The van der Waals surface area contributed by atoms with Gasteiger partial charge < -0.3 is 0 Å². The van der Waals surface area contributed by atoms with Crippen LogP contribution in [-0.4, -0.2) is 29.0 Å². The molecule has 0 saturated heterocycles. The van der Waals surface area contributed by atoms with E-state index >= 15 is 0 Å². The first-order valence-corrected chi connectivity index (χ1v) is 9.89. The second-order valence-electron chi connectivity index (χ2n) is 6.35. The molecule has 2 aromatic carbocycles. The summed E-state index contributed by atoms with van der Waals surface area (Å²) in [7, 11) is -3.57. The lowest BCUT2D eigenvalue weighted by Gasteiger charge is -2.25. The molecule has 7 heteroatoms. The van der Waals surface area contributed by atoms with Crippen LogP contribution >= 0.6 is 0 Å². The number of fused-ring (bicyclic) bond motifs is 1. The maximum atomic E-state index is 12.8. The van der Waals surface area contributed by atoms with E-state index in [2.05, 4.69) is 5.10 Å². The van der Waals surface area contributed by atoms with Crippen LogP contribution in [0.2, 0.25) is 0 Å². The number of nitrogens with one attached hydrogen (secondary N) is 1. The van der Waals surface area contributed by atoms with Gasteiger partial charge in [-0.25, -0.2) is 13.1 Å². The van der Waals surface area contributed by atoms with Gasteiger partial charge in [-0.1, -0.05) is 48.5 Å². The molecule has 4 rings (SSSR count). The number of rotatable bonds is 4. The van der Waals surface area contributed by atoms with Crippen LogP contribution < -0.4 is 5.56 Å². The Kier molecular flexibility index (Phi) is 4.26. The highest BCUT2D eigenvalue weighted by molar-refractivity contribution is 7.89. The van der Waals surface area contributed by atoms with E-state index in [1.807, 2.05) is 30.3 Å². The minimum Gasteiger partial charge on any atom is -0.298 e. The van der Waals surface area contributed by atoms with Crippen molar-refractivity contribution in [2.24, 2.45) is 0 Å². The van der Waals surface area contributed by atoms with Crippen molar-refractivity contribution in [1.82, 2.24) is 14.1 Å². The third kappa shape index (κ3) is 3.00. The largest absolute Gasteiger partial charge is 0.298 e. The molecule has 2 heterocycles. The topological polar surface area (TPSA) is 75.2 Å². The zero-order valence-corrected chi connectivity index (χ0v) is 14.9. The number of hydrogen-bond donors (Lipinski definition) is 1. The highest BCUT2D eigenvalue weighted by atomic mass is 32.2. The first-order valence-electron chi connectivity index (χ1n) is 8.45. The molecule has 0 spiro atoms. The van der Waals surface area contributed by atoms with E-state index in [-0.39, 0.29) is 17.0 Å². The first-order chi connectivity index (χ1) is 12.6. The van der Waals surface area contributed by atoms with Crippen molar-refractivity contribution in [2.75, 3.05) is 6.54 Å². The molecule has 0 atom stereocenters. The maximum Gasteiger partial charge on any atom is 0.270 e. The van der Waals surface area contributed by atoms with E-state index < -0.39 is 10.0 Å². The molecule has 0 aliphatic carbocycles. The average Bonchev–Trinajstić information content (AvgIpc) is 2.98. The van der Waals surface area contributed by atoms with Crippen LogP contribution in [0.25, 0.3) is 0 Å². The SMILES string of the molecule is O=c1c2c([nH]n1Cc1ccccc1)CN(S(=O)(=O)c1ccccc1)CC2. The van der Waals surface area contributed by atoms with Crippen LogP contribution in [0.15, 0.2) is 70.4 Å². The van der Waals surface area contributed by atoms with Gasteiger partial charge >= 0.3 is 0 Å². The van der Waals surface area contributed by atoms with Gasteiger partial charge in [0.25, 0.3) is 5.56 Å². The molecule has 0 unspecified atom stereocenters. The number of sulfonamides is 1. The van der Waals surface area contributed by atoms with Crippen LogP contribution in [0, 0.1) is 0 Å². The Hall–Kier alpha value is -2.64. The quantitative estimate of drug-likeness (QED) is 0.764. The lowest BCUT2D eigenvalue weighted by atomic mass is 10.1. The van der Waals surface area contributed by atoms with Crippen molar-refractivity contribution in [3.05, 3.63) is 87.8 Å². The minimum absolute atomic E-state index is 0.0689. The molecule has 0 saturated carbocycles. The van der Waals surface area contributed by atoms with E-state index in [4.69, 9.17) is 0 Å². The van der Waals surface area contributed by atoms with Crippen LogP contribution in [0.1, 0.15) is 16.8 Å². The van der Waals surface area contributed by atoms with Crippen LogP contribution in [0.3, 0.4) is 0 Å². The number of benzene rings is 2. The Bertz CT molecular complexity index is 1070. The Labute approximate surface area is 151 Å². The zero-order chi connectivity index (χ0) is 18.1. The molecular weight excluding hydrogens is 350 g/mol. The summed E-state index contributed by atoms with van der Waals surface area (Å²) in [5.41, 5.74) is 2.31. The number of nitrogens with zero attached hydrogens (tertiary/aromatic N) is 2. The monoisotopic (exact) mass is 369 g/mol. The van der Waals surface area contributed by atoms with Crippen molar-refractivity contribution in [3.63, 3.8) is 0 Å². The molecule has 6 nitrogen and oxygen atoms in total. The molecule has 1 N–H and O–H groups in total. The smallest absolute Gasteiger partial charge is 0.270 e. The van der Waals surface area contributed by atoms with E-state index in [1.54, 1.807) is 35.0 Å². The van der Waals surface area contributed by atoms with Gasteiger partial charge in [-0.15, -0.1) is 0 Å². The molecule has 26 heavy (non-hydrogen) atoms. The number of H-pyrrole nitrogens is 1. The molecule has 3 aromatic rings. The van der Waals surface area contributed by atoms with E-state index in [0.29, 0.717) is 30.8 Å². The van der Waals surface area contributed by atoms with Crippen molar-refractivity contribution >= 4 is 10.0 Å². The molecule has 0 amide bonds. The summed E-state index contributed by atoms with van der Waals surface area (Å²) < 4.78 is 28.6. The van der Waals surface area contributed by atoms with Crippen LogP contribution in [-0.2, 0) is 29.5 Å². The summed E-state index contributed by atoms with van der Waals surface area (Å²) in [6.45, 7) is 0.935. The van der Waals surface area contributed by atoms with Crippen molar-refractivity contribution in [2.45, 2.75) is 24.4 Å². The summed E-state index contributed by atoms with van der Waals surface area (Å²) in [5.74, 6) is 0. The Morgan fingerprint density at radius 1 is 0.962 bits per heavy atom. The van der Waals surface area contributed by atoms with Crippen molar-refractivity contribution in [1.29, 1.82) is 0 Å². The summed E-state index contributed by atoms with van der Waals surface area (Å²) in [4.78, 5) is 12.9. The molecule has 1 aromatic heterocycles. The fourth-order valence-corrected chi connectivity index (χ4v) is 4.71. The molecule has 0 fully saturated rings. The summed E-state index contributed by atoms with van der Waals surface area (Å²) in [5, 5.41) is 3.10. The van der Waals surface area contributed by atoms with Gasteiger partial charge in [0.1, 0.15) is 0 Å². The predicted molar refractivity (Wildman–Crippen MR) is 98.3 cm³/mol. The van der Waals surface area contributed by atoms with Gasteiger partial charge in [0, 0.05) is 12.1 Å². The Morgan fingerprint density at radius 3 is 2.31 bits per heavy atom. The van der Waals surface area contributed by atoms with E-state index in [9.17, 15) is 13.2 Å². The Morgan fingerprint density at radius 2 is 1.62 bits per heavy atom. The zero-order valence-electron chi connectivity index (χ0n) is 14.1. The summed E-state index contributed by atoms with van der Waals surface area (Å²) in [6, 6.07) is 18.1. The van der Waals surface area contributed by atoms with E-state index in [1.165, 1.54) is 4.31 Å². The molecule has 1 aliphatic rings. The van der Waals surface area contributed by atoms with Crippen LogP contribution in [0.5, 0.6) is 0 Å². The molecular formula is C19H19N3O3S. The number of hydrogen-bond acceptors (Lipinski definition) is 3. The van der Waals surface area contributed by atoms with Gasteiger partial charge in [-0.2, -0.15) is 4.31 Å². The van der Waals surface area contributed by atoms with Gasteiger partial charge in [-0.05, 0) is 24.1 Å². The van der Waals surface area contributed by atoms with E-state index in [0.717, 1.165) is 5.56 Å². The minimum atomic E-state index is -3.57. The summed E-state index contributed by atoms with van der Waals surface area (Å²) in [6.07, 6.45) is 0.415. The molecule has 0 bridgehead atoms. The third-order valence-corrected chi connectivity index (χ3v) is 6.51. The fraction of sp³-hybridized carbons (Fsp3) is 0.211. The third-order valence-electron chi connectivity index (χ3n) is 4.65. The molecule has 134 valence electrons. The van der Waals surface area contributed by atoms with Gasteiger partial charge in [0.05, 0.1) is 23.7 Å². The molecule has 0 radical (unpaired) electrons. The van der Waals surface area contributed by atoms with Crippen LogP contribution in [0.4, 0.5) is 0 Å². The lowest BCUT2D eigenvalue weighted by Crippen LogP contribution is -2.37. The van der Waals surface area contributed by atoms with Gasteiger partial charge in [0.15, 0.2) is 0 Å². The predicted octanol–water partition coefficient (Wildman–Crippen LogP) is 1.97. The Balaban J connectivity index is 1.62. The second kappa shape index (κ2) is 6.59. The van der Waals surface area contributed by atoms with Gasteiger partial charge in [0.2, 0.25) is 10.0 Å². The molecule has 1 aliphatic heterocycles. The highest BCUT2D eigenvalue weighted by Crippen LogP contribution is 2.22. The fourth-order valence-electron chi connectivity index (χ4n) is 3.28. The maximum absolute atomic E-state index is 12.8. The number of aromatic amines is 1. The van der Waals surface area contributed by atoms with Crippen molar-refractivity contribution in [3.8, 4) is 0 Å². The normalized spacial score (nSPS) is 14.9. The number of aromatic nitrogens is 2.